The number of rotatable bonds is 5. The summed E-state index contributed by atoms with van der Waals surface area (Å²) in [6.07, 6.45) is 9.44. The van der Waals surface area contributed by atoms with E-state index in [9.17, 15) is 4.79 Å². The molecule has 4 aromatic heterocycles. The maximum atomic E-state index is 13.0. The second-order valence-corrected chi connectivity index (χ2v) is 11.1. The average Bonchev–Trinajstić information content (AvgIpc) is 3.49. The van der Waals surface area contributed by atoms with Gasteiger partial charge in [0.05, 0.1) is 14.6 Å². The van der Waals surface area contributed by atoms with Crippen molar-refractivity contribution in [3.05, 3.63) is 77.1 Å². The number of fused-ring (bicyclic) bond motifs is 2. The third-order valence-corrected chi connectivity index (χ3v) is 8.83. The van der Waals surface area contributed by atoms with Gasteiger partial charge in [-0.05, 0) is 61.8 Å². The molecule has 4 heterocycles. The van der Waals surface area contributed by atoms with Gasteiger partial charge in [0.25, 0.3) is 0 Å². The second-order valence-electron chi connectivity index (χ2n) is 9.64. The fraction of sp³-hybridized carbons (Fsp3) is 0.286. The molecule has 0 atom stereocenters. The molecule has 0 amide bonds. The number of nitrogen functional groups attached to an aromatic ring is 1. The first-order valence-electron chi connectivity index (χ1n) is 12.2. The first-order chi connectivity index (χ1) is 17.5. The Balaban J connectivity index is 1.27. The number of anilines is 1. The van der Waals surface area contributed by atoms with Gasteiger partial charge < -0.3 is 5.73 Å². The Hall–Kier alpha value is -3.29. The van der Waals surface area contributed by atoms with Crippen molar-refractivity contribution in [1.82, 2.24) is 19.4 Å². The van der Waals surface area contributed by atoms with Crippen LogP contribution in [0.4, 0.5) is 5.82 Å². The number of hydrogen-bond acceptors (Lipinski definition) is 6. The van der Waals surface area contributed by atoms with Crippen LogP contribution in [-0.2, 0) is 11.2 Å². The summed E-state index contributed by atoms with van der Waals surface area (Å²) in [7, 11) is 0. The number of ketones is 1. The summed E-state index contributed by atoms with van der Waals surface area (Å²) in [5, 5.41) is 1.83. The lowest BCUT2D eigenvalue weighted by atomic mass is 9.79. The number of carbonyl (C=O) groups excluding carboxylic acids is 1. The Bertz CT molecular complexity index is 1580. The van der Waals surface area contributed by atoms with E-state index in [-0.39, 0.29) is 17.6 Å². The zero-order valence-corrected chi connectivity index (χ0v) is 21.5. The lowest BCUT2D eigenvalue weighted by Gasteiger charge is -2.27. The van der Waals surface area contributed by atoms with Gasteiger partial charge in [0.1, 0.15) is 28.6 Å². The van der Waals surface area contributed by atoms with E-state index in [4.69, 9.17) is 22.3 Å². The molecule has 1 saturated carbocycles. The van der Waals surface area contributed by atoms with Crippen molar-refractivity contribution in [2.45, 2.75) is 44.9 Å². The molecule has 1 aliphatic carbocycles. The summed E-state index contributed by atoms with van der Waals surface area (Å²) < 4.78 is 3.13. The molecular weight excluding hydrogens is 490 g/mol. The van der Waals surface area contributed by atoms with Crippen LogP contribution in [0.1, 0.15) is 48.7 Å². The number of halogens is 1. The molecule has 0 spiro atoms. The molecule has 1 fully saturated rings. The molecule has 0 saturated heterocycles. The molecular formula is C28H26ClN5OS. The van der Waals surface area contributed by atoms with Gasteiger partial charge in [-0.2, -0.15) is 0 Å². The van der Waals surface area contributed by atoms with E-state index in [1.165, 1.54) is 0 Å². The van der Waals surface area contributed by atoms with Crippen molar-refractivity contribution in [3.8, 4) is 10.6 Å². The molecule has 1 aromatic carbocycles. The third kappa shape index (κ3) is 4.16. The largest absolute Gasteiger partial charge is 0.382 e. The Morgan fingerprint density at radius 2 is 2.00 bits per heavy atom. The lowest BCUT2D eigenvalue weighted by molar-refractivity contribution is -0.123. The van der Waals surface area contributed by atoms with Crippen LogP contribution in [0.5, 0.6) is 0 Å². The van der Waals surface area contributed by atoms with Crippen LogP contribution in [0.2, 0.25) is 5.02 Å². The minimum Gasteiger partial charge on any atom is -0.382 e. The number of pyridine rings is 1. The van der Waals surface area contributed by atoms with Gasteiger partial charge >= 0.3 is 0 Å². The van der Waals surface area contributed by atoms with Crippen molar-refractivity contribution in [2.24, 2.45) is 5.92 Å². The number of nitrogens with two attached hydrogens (primary N) is 1. The van der Waals surface area contributed by atoms with E-state index in [1.807, 2.05) is 43.6 Å². The number of aromatic nitrogens is 4. The Morgan fingerprint density at radius 1 is 1.17 bits per heavy atom. The molecule has 5 aromatic rings. The predicted molar refractivity (Wildman–Crippen MR) is 146 cm³/mol. The maximum absolute atomic E-state index is 13.0. The molecule has 182 valence electrons. The SMILES string of the molecule is Cc1ccc(CC(=O)C2CCC(c3nc(-c4cc5cccc(Cl)c5s4)c4c(N)nccn34)CC2)nc1. The lowest BCUT2D eigenvalue weighted by Crippen LogP contribution is -2.23. The fourth-order valence-electron chi connectivity index (χ4n) is 5.29. The number of carbonyl (C=O) groups is 1. The number of nitrogens with zero attached hydrogens (tertiary/aromatic N) is 4. The smallest absolute Gasteiger partial charge is 0.150 e. The van der Waals surface area contributed by atoms with Crippen molar-refractivity contribution in [1.29, 1.82) is 0 Å². The summed E-state index contributed by atoms with van der Waals surface area (Å²) in [5.41, 5.74) is 9.99. The first-order valence-corrected chi connectivity index (χ1v) is 13.4. The molecule has 0 radical (unpaired) electrons. The van der Waals surface area contributed by atoms with E-state index < -0.39 is 0 Å². The normalized spacial score (nSPS) is 18.2. The molecule has 6 rings (SSSR count). The number of thiophene rings is 1. The Morgan fingerprint density at radius 3 is 2.75 bits per heavy atom. The molecule has 6 nitrogen and oxygen atoms in total. The summed E-state index contributed by atoms with van der Waals surface area (Å²) >= 11 is 8.07. The highest BCUT2D eigenvalue weighted by Crippen LogP contribution is 2.42. The minimum atomic E-state index is 0.0755. The maximum Gasteiger partial charge on any atom is 0.150 e. The van der Waals surface area contributed by atoms with Gasteiger partial charge in [-0.3, -0.25) is 14.2 Å². The second kappa shape index (κ2) is 9.30. The molecule has 2 N–H and O–H groups in total. The third-order valence-electron chi connectivity index (χ3n) is 7.22. The number of hydrogen-bond donors (Lipinski definition) is 1. The van der Waals surface area contributed by atoms with Gasteiger partial charge in [-0.25, -0.2) is 9.97 Å². The number of imidazole rings is 1. The minimum absolute atomic E-state index is 0.0755. The highest BCUT2D eigenvalue weighted by molar-refractivity contribution is 7.22. The van der Waals surface area contributed by atoms with Crippen LogP contribution in [0, 0.1) is 12.8 Å². The highest BCUT2D eigenvalue weighted by Gasteiger charge is 2.30. The van der Waals surface area contributed by atoms with Crippen LogP contribution in [0.15, 0.2) is 55.0 Å². The van der Waals surface area contributed by atoms with E-state index in [1.54, 1.807) is 17.5 Å². The van der Waals surface area contributed by atoms with Crippen molar-refractivity contribution >= 4 is 50.1 Å². The van der Waals surface area contributed by atoms with Gasteiger partial charge in [0, 0.05) is 42.5 Å². The van der Waals surface area contributed by atoms with Crippen LogP contribution < -0.4 is 5.73 Å². The molecule has 8 heteroatoms. The molecule has 1 aliphatic rings. The van der Waals surface area contributed by atoms with Crippen LogP contribution in [-0.4, -0.2) is 25.1 Å². The topological polar surface area (TPSA) is 86.2 Å². The van der Waals surface area contributed by atoms with Crippen molar-refractivity contribution in [2.75, 3.05) is 5.73 Å². The molecule has 0 unspecified atom stereocenters. The van der Waals surface area contributed by atoms with E-state index >= 15 is 0 Å². The molecule has 0 aliphatic heterocycles. The number of Topliss-reactive ketones (excluding diaryl/α,β-unsaturated/α-hetero) is 1. The number of aryl methyl sites for hydroxylation is 1. The monoisotopic (exact) mass is 515 g/mol. The van der Waals surface area contributed by atoms with Gasteiger partial charge in [-0.1, -0.05) is 29.8 Å². The summed E-state index contributed by atoms with van der Waals surface area (Å²) in [6, 6.07) is 12.0. The summed E-state index contributed by atoms with van der Waals surface area (Å²) in [6.45, 7) is 2.00. The number of benzene rings is 1. The van der Waals surface area contributed by atoms with Gasteiger partial charge in [0.15, 0.2) is 0 Å². The Kier molecular flexibility index (Phi) is 5.97. The standard InChI is InChI=1S/C28H26ClN5OS/c1-16-5-10-20(32-15-16)14-22(35)17-6-8-18(9-7-17)28-33-24(25-27(30)31-11-12-34(25)28)23-13-19-3-2-4-21(29)26(19)36-23/h2-5,10-13,15,17-18H,6-9,14H2,1H3,(H2,30,31). The van der Waals surface area contributed by atoms with E-state index in [0.29, 0.717) is 12.2 Å². The van der Waals surface area contributed by atoms with Crippen LogP contribution in [0.25, 0.3) is 26.2 Å². The van der Waals surface area contributed by atoms with Crippen LogP contribution in [0.3, 0.4) is 0 Å². The quantitative estimate of drug-likeness (QED) is 0.283. The van der Waals surface area contributed by atoms with Gasteiger partial charge in [0.2, 0.25) is 0 Å². The van der Waals surface area contributed by atoms with Crippen LogP contribution >= 0.6 is 22.9 Å². The summed E-state index contributed by atoms with van der Waals surface area (Å²) in [4.78, 5) is 27.9. The zero-order chi connectivity index (χ0) is 24.8. The van der Waals surface area contributed by atoms with E-state index in [0.717, 1.165) is 74.0 Å². The fourth-order valence-corrected chi connectivity index (χ4v) is 6.64. The summed E-state index contributed by atoms with van der Waals surface area (Å²) in [5.74, 6) is 2.07. The highest BCUT2D eigenvalue weighted by atomic mass is 35.5. The van der Waals surface area contributed by atoms with Crippen molar-refractivity contribution < 1.29 is 4.79 Å². The predicted octanol–water partition coefficient (Wildman–Crippen LogP) is 6.64. The van der Waals surface area contributed by atoms with Gasteiger partial charge in [-0.15, -0.1) is 11.3 Å². The Labute approximate surface area is 218 Å². The average molecular weight is 516 g/mol. The van der Waals surface area contributed by atoms with Crippen molar-refractivity contribution in [3.63, 3.8) is 0 Å². The molecule has 0 bridgehead atoms. The first kappa shape index (κ1) is 23.1. The zero-order valence-electron chi connectivity index (χ0n) is 19.9. The molecule has 36 heavy (non-hydrogen) atoms. The van der Waals surface area contributed by atoms with E-state index in [2.05, 4.69) is 26.5 Å².